The standard InChI is InChI=1S/C16H27N/c1-3-4-5-6-10-13-16(17-2)14-15-11-8-7-9-12-15/h7-9,11-12,16-17H,3-6,10,13-14H2,1-2H3. The summed E-state index contributed by atoms with van der Waals surface area (Å²) in [5.41, 5.74) is 1.44. The molecule has 0 saturated heterocycles. The summed E-state index contributed by atoms with van der Waals surface area (Å²) in [7, 11) is 2.08. The van der Waals surface area contributed by atoms with Gasteiger partial charge in [0.1, 0.15) is 0 Å². The number of hydrogen-bond donors (Lipinski definition) is 1. The molecule has 0 saturated carbocycles. The highest BCUT2D eigenvalue weighted by molar-refractivity contribution is 5.15. The molecule has 0 spiro atoms. The molecular formula is C16H27N. The van der Waals surface area contributed by atoms with Crippen LogP contribution in [0, 0.1) is 0 Å². The summed E-state index contributed by atoms with van der Waals surface area (Å²) in [6, 6.07) is 11.4. The maximum Gasteiger partial charge on any atom is 0.0104 e. The molecule has 17 heavy (non-hydrogen) atoms. The van der Waals surface area contributed by atoms with Crippen molar-refractivity contribution in [2.75, 3.05) is 7.05 Å². The van der Waals surface area contributed by atoms with E-state index < -0.39 is 0 Å². The molecule has 0 aromatic heterocycles. The Morgan fingerprint density at radius 2 is 1.71 bits per heavy atom. The van der Waals surface area contributed by atoms with Crippen LogP contribution < -0.4 is 5.32 Å². The van der Waals surface area contributed by atoms with Gasteiger partial charge in [0.15, 0.2) is 0 Å². The van der Waals surface area contributed by atoms with Crippen LogP contribution in [0.25, 0.3) is 0 Å². The highest BCUT2D eigenvalue weighted by Gasteiger charge is 2.06. The molecule has 1 aromatic rings. The first kappa shape index (κ1) is 14.2. The van der Waals surface area contributed by atoms with Crippen LogP contribution in [0.15, 0.2) is 30.3 Å². The minimum Gasteiger partial charge on any atom is -0.317 e. The Morgan fingerprint density at radius 1 is 1.00 bits per heavy atom. The van der Waals surface area contributed by atoms with Crippen molar-refractivity contribution in [2.45, 2.75) is 57.9 Å². The van der Waals surface area contributed by atoms with Crippen LogP contribution in [0.1, 0.15) is 51.0 Å². The van der Waals surface area contributed by atoms with Gasteiger partial charge in [-0.2, -0.15) is 0 Å². The van der Waals surface area contributed by atoms with Crippen LogP contribution in [0.3, 0.4) is 0 Å². The third kappa shape index (κ3) is 6.48. The van der Waals surface area contributed by atoms with Crippen LogP contribution in [-0.2, 0) is 6.42 Å². The zero-order valence-corrected chi connectivity index (χ0v) is 11.4. The zero-order chi connectivity index (χ0) is 12.3. The van der Waals surface area contributed by atoms with Crippen LogP contribution in [0.2, 0.25) is 0 Å². The molecule has 1 N–H and O–H groups in total. The molecule has 1 heteroatoms. The third-order valence-electron chi connectivity index (χ3n) is 3.39. The van der Waals surface area contributed by atoms with E-state index in [4.69, 9.17) is 0 Å². The molecule has 0 amide bonds. The van der Waals surface area contributed by atoms with Gasteiger partial charge in [-0.25, -0.2) is 0 Å². The fraction of sp³-hybridized carbons (Fsp3) is 0.625. The normalized spacial score (nSPS) is 12.6. The first-order chi connectivity index (χ1) is 8.36. The predicted molar refractivity (Wildman–Crippen MR) is 76.4 cm³/mol. The summed E-state index contributed by atoms with van der Waals surface area (Å²) in [6.45, 7) is 2.27. The number of nitrogens with one attached hydrogen (secondary N) is 1. The van der Waals surface area contributed by atoms with Gasteiger partial charge in [-0.3, -0.25) is 0 Å². The summed E-state index contributed by atoms with van der Waals surface area (Å²) in [6.07, 6.45) is 9.33. The molecule has 96 valence electrons. The number of benzene rings is 1. The fourth-order valence-electron chi connectivity index (χ4n) is 2.24. The van der Waals surface area contributed by atoms with E-state index in [0.717, 1.165) is 6.42 Å². The lowest BCUT2D eigenvalue weighted by molar-refractivity contribution is 0.482. The average Bonchev–Trinajstić information content (AvgIpc) is 2.38. The molecule has 1 unspecified atom stereocenters. The van der Waals surface area contributed by atoms with Gasteiger partial charge in [0.25, 0.3) is 0 Å². The smallest absolute Gasteiger partial charge is 0.0104 e. The summed E-state index contributed by atoms with van der Waals surface area (Å²) in [5, 5.41) is 3.44. The lowest BCUT2D eigenvalue weighted by Crippen LogP contribution is -2.27. The van der Waals surface area contributed by atoms with Gasteiger partial charge in [0, 0.05) is 6.04 Å². The summed E-state index contributed by atoms with van der Waals surface area (Å²) in [4.78, 5) is 0. The minimum atomic E-state index is 0.638. The lowest BCUT2D eigenvalue weighted by Gasteiger charge is -2.16. The van der Waals surface area contributed by atoms with E-state index in [0.29, 0.717) is 6.04 Å². The summed E-state index contributed by atoms with van der Waals surface area (Å²) in [5.74, 6) is 0. The Kier molecular flexibility index (Phi) is 7.74. The second-order valence-corrected chi connectivity index (χ2v) is 4.88. The monoisotopic (exact) mass is 233 g/mol. The van der Waals surface area contributed by atoms with Crippen molar-refractivity contribution in [2.24, 2.45) is 0 Å². The van der Waals surface area contributed by atoms with Crippen molar-refractivity contribution < 1.29 is 0 Å². The molecule has 0 aliphatic heterocycles. The molecule has 0 aliphatic rings. The number of rotatable bonds is 9. The van der Waals surface area contributed by atoms with Gasteiger partial charge in [0.2, 0.25) is 0 Å². The molecule has 0 heterocycles. The van der Waals surface area contributed by atoms with Gasteiger partial charge in [0.05, 0.1) is 0 Å². The van der Waals surface area contributed by atoms with Crippen molar-refractivity contribution in [3.63, 3.8) is 0 Å². The quantitative estimate of drug-likeness (QED) is 0.631. The van der Waals surface area contributed by atoms with E-state index in [1.165, 1.54) is 44.1 Å². The maximum atomic E-state index is 3.44. The van der Waals surface area contributed by atoms with Gasteiger partial charge < -0.3 is 5.32 Å². The van der Waals surface area contributed by atoms with E-state index in [1.54, 1.807) is 0 Å². The van der Waals surface area contributed by atoms with Gasteiger partial charge in [-0.1, -0.05) is 69.4 Å². The summed E-state index contributed by atoms with van der Waals surface area (Å²) < 4.78 is 0. The van der Waals surface area contributed by atoms with E-state index in [1.807, 2.05) is 0 Å². The Bertz CT molecular complexity index is 268. The molecule has 1 nitrogen and oxygen atoms in total. The van der Waals surface area contributed by atoms with E-state index in [9.17, 15) is 0 Å². The van der Waals surface area contributed by atoms with Crippen molar-refractivity contribution in [1.82, 2.24) is 5.32 Å². The predicted octanol–water partition coefficient (Wildman–Crippen LogP) is 4.18. The maximum absolute atomic E-state index is 3.44. The van der Waals surface area contributed by atoms with Crippen LogP contribution in [-0.4, -0.2) is 13.1 Å². The van der Waals surface area contributed by atoms with Gasteiger partial charge in [-0.15, -0.1) is 0 Å². The SMILES string of the molecule is CCCCCCCC(Cc1ccccc1)NC. The van der Waals surface area contributed by atoms with E-state index in [-0.39, 0.29) is 0 Å². The molecule has 1 aromatic carbocycles. The van der Waals surface area contributed by atoms with Crippen LogP contribution >= 0.6 is 0 Å². The molecule has 0 bridgehead atoms. The number of unbranched alkanes of at least 4 members (excludes halogenated alkanes) is 4. The highest BCUT2D eigenvalue weighted by Crippen LogP contribution is 2.11. The lowest BCUT2D eigenvalue weighted by atomic mass is 10.00. The van der Waals surface area contributed by atoms with Gasteiger partial charge >= 0.3 is 0 Å². The number of hydrogen-bond acceptors (Lipinski definition) is 1. The average molecular weight is 233 g/mol. The molecule has 1 rings (SSSR count). The fourth-order valence-corrected chi connectivity index (χ4v) is 2.24. The molecular weight excluding hydrogens is 206 g/mol. The Morgan fingerprint density at radius 3 is 2.35 bits per heavy atom. The van der Waals surface area contributed by atoms with Crippen molar-refractivity contribution in [1.29, 1.82) is 0 Å². The first-order valence-corrected chi connectivity index (χ1v) is 7.08. The first-order valence-electron chi connectivity index (χ1n) is 7.08. The van der Waals surface area contributed by atoms with Crippen molar-refractivity contribution in [3.05, 3.63) is 35.9 Å². The van der Waals surface area contributed by atoms with Crippen LogP contribution in [0.5, 0.6) is 0 Å². The van der Waals surface area contributed by atoms with Crippen molar-refractivity contribution in [3.8, 4) is 0 Å². The molecule has 1 atom stereocenters. The Labute approximate surface area is 107 Å². The number of likely N-dealkylation sites (N-methyl/N-ethyl adjacent to an activating group) is 1. The second kappa shape index (κ2) is 9.23. The Hall–Kier alpha value is -0.820. The van der Waals surface area contributed by atoms with Gasteiger partial charge in [-0.05, 0) is 25.5 Å². The summed E-state index contributed by atoms with van der Waals surface area (Å²) >= 11 is 0. The zero-order valence-electron chi connectivity index (χ0n) is 11.4. The topological polar surface area (TPSA) is 12.0 Å². The van der Waals surface area contributed by atoms with E-state index in [2.05, 4.69) is 49.6 Å². The molecule has 0 fully saturated rings. The van der Waals surface area contributed by atoms with Crippen LogP contribution in [0.4, 0.5) is 0 Å². The minimum absolute atomic E-state index is 0.638. The second-order valence-electron chi connectivity index (χ2n) is 4.88. The third-order valence-corrected chi connectivity index (χ3v) is 3.39. The van der Waals surface area contributed by atoms with E-state index >= 15 is 0 Å². The Balaban J connectivity index is 2.20. The highest BCUT2D eigenvalue weighted by atomic mass is 14.9. The molecule has 0 aliphatic carbocycles. The largest absolute Gasteiger partial charge is 0.317 e. The molecule has 0 radical (unpaired) electrons. The van der Waals surface area contributed by atoms with Crippen molar-refractivity contribution >= 4 is 0 Å².